The van der Waals surface area contributed by atoms with E-state index < -0.39 is 5.60 Å². The average Bonchev–Trinajstić information content (AvgIpc) is 3.25. The molecule has 1 aliphatic heterocycles. The highest BCUT2D eigenvalue weighted by atomic mass is 16.4. The summed E-state index contributed by atoms with van der Waals surface area (Å²) in [7, 11) is 0. The van der Waals surface area contributed by atoms with Crippen molar-refractivity contribution in [1.29, 1.82) is 0 Å². The third kappa shape index (κ3) is 5.75. The minimum absolute atomic E-state index is 0.246. The average molecular weight is 351 g/mol. The molecule has 2 heterocycles. The van der Waals surface area contributed by atoms with Gasteiger partial charge < -0.3 is 20.2 Å². The Morgan fingerprint density at radius 2 is 2.04 bits per heavy atom. The van der Waals surface area contributed by atoms with Crippen LogP contribution in [-0.2, 0) is 5.60 Å². The Morgan fingerprint density at radius 1 is 1.32 bits per heavy atom. The van der Waals surface area contributed by atoms with E-state index in [0.717, 1.165) is 31.2 Å². The van der Waals surface area contributed by atoms with Crippen LogP contribution in [0.15, 0.2) is 21.5 Å². The van der Waals surface area contributed by atoms with Gasteiger partial charge in [0.2, 0.25) is 0 Å². The molecule has 3 N–H and O–H groups in total. The summed E-state index contributed by atoms with van der Waals surface area (Å²) in [4.78, 5) is 7.12. The van der Waals surface area contributed by atoms with Gasteiger partial charge in [0.1, 0.15) is 17.1 Å². The van der Waals surface area contributed by atoms with Crippen LogP contribution in [0, 0.1) is 6.92 Å². The van der Waals surface area contributed by atoms with Crippen LogP contribution in [0.4, 0.5) is 0 Å². The second-order valence-electron chi connectivity index (χ2n) is 7.07. The fourth-order valence-electron chi connectivity index (χ4n) is 3.23. The molecule has 2 unspecified atom stereocenters. The predicted octanol–water partition coefficient (Wildman–Crippen LogP) is 2.23. The number of nitrogens with one attached hydrogen (secondary N) is 2. The van der Waals surface area contributed by atoms with E-state index in [0.29, 0.717) is 11.8 Å². The molecule has 2 atom stereocenters. The minimum Gasteiger partial charge on any atom is -0.463 e. The molecule has 0 aromatic carbocycles. The maximum atomic E-state index is 10.6. The van der Waals surface area contributed by atoms with Gasteiger partial charge in [0.05, 0.1) is 6.54 Å². The van der Waals surface area contributed by atoms with Crippen molar-refractivity contribution in [2.24, 2.45) is 4.99 Å². The quantitative estimate of drug-likeness (QED) is 0.495. The third-order valence-corrected chi connectivity index (χ3v) is 4.79. The van der Waals surface area contributed by atoms with Gasteiger partial charge in [-0.25, -0.2) is 4.99 Å². The first-order chi connectivity index (χ1) is 12.0. The second-order valence-corrected chi connectivity index (χ2v) is 7.07. The number of guanidine groups is 1. The van der Waals surface area contributed by atoms with Crippen LogP contribution in [0.2, 0.25) is 0 Å². The van der Waals surface area contributed by atoms with Gasteiger partial charge in [-0.3, -0.25) is 4.90 Å². The Labute approximate surface area is 151 Å². The summed E-state index contributed by atoms with van der Waals surface area (Å²) in [5.41, 5.74) is -1.12. The number of aryl methyl sites for hydroxylation is 1. The first-order valence-electron chi connectivity index (χ1n) is 9.51. The smallest absolute Gasteiger partial charge is 0.191 e. The number of hydrogen-bond donors (Lipinski definition) is 3. The van der Waals surface area contributed by atoms with Crippen molar-refractivity contribution >= 4 is 5.96 Å². The van der Waals surface area contributed by atoms with Gasteiger partial charge in [0.15, 0.2) is 5.96 Å². The van der Waals surface area contributed by atoms with Crippen LogP contribution in [0.5, 0.6) is 0 Å². The highest BCUT2D eigenvalue weighted by molar-refractivity contribution is 5.79. The first-order valence-corrected chi connectivity index (χ1v) is 9.51. The van der Waals surface area contributed by atoms with Gasteiger partial charge in [-0.1, -0.05) is 6.92 Å². The lowest BCUT2D eigenvalue weighted by Crippen LogP contribution is -2.46. The standard InChI is InChI=1S/C19H34N4O2/c1-5-16(23-11-7-8-12-23)13-21-18(20-6-2)22-14-19(4,24)17-10-9-15(3)25-17/h9-10,16,24H,5-8,11-14H2,1-4H3,(H2,20,21,22). The molecule has 2 rings (SSSR count). The van der Waals surface area contributed by atoms with Gasteiger partial charge in [0.25, 0.3) is 0 Å². The Morgan fingerprint density at radius 3 is 2.60 bits per heavy atom. The van der Waals surface area contributed by atoms with Crippen LogP contribution in [0.1, 0.15) is 51.6 Å². The molecular weight excluding hydrogens is 316 g/mol. The number of likely N-dealkylation sites (tertiary alicyclic amines) is 1. The molecule has 1 fully saturated rings. The van der Waals surface area contributed by atoms with Crippen molar-refractivity contribution in [2.45, 2.75) is 58.6 Å². The van der Waals surface area contributed by atoms with E-state index in [1.54, 1.807) is 6.92 Å². The Hall–Kier alpha value is -1.53. The number of aliphatic imine (C=N–C) groups is 1. The summed E-state index contributed by atoms with van der Waals surface area (Å²) in [6.45, 7) is 12.2. The molecule has 1 saturated heterocycles. The molecule has 25 heavy (non-hydrogen) atoms. The van der Waals surface area contributed by atoms with Gasteiger partial charge in [-0.2, -0.15) is 0 Å². The zero-order valence-corrected chi connectivity index (χ0v) is 16.1. The number of aliphatic hydroxyl groups is 1. The second kappa shape index (κ2) is 9.25. The Balaban J connectivity index is 1.95. The van der Waals surface area contributed by atoms with E-state index >= 15 is 0 Å². The van der Waals surface area contributed by atoms with E-state index in [1.807, 2.05) is 26.0 Å². The van der Waals surface area contributed by atoms with Crippen LogP contribution in [0.25, 0.3) is 0 Å². The number of furan rings is 1. The third-order valence-electron chi connectivity index (χ3n) is 4.79. The van der Waals surface area contributed by atoms with Gasteiger partial charge >= 0.3 is 0 Å². The summed E-state index contributed by atoms with van der Waals surface area (Å²) >= 11 is 0. The number of rotatable bonds is 8. The first kappa shape index (κ1) is 19.8. The van der Waals surface area contributed by atoms with E-state index in [-0.39, 0.29) is 6.54 Å². The van der Waals surface area contributed by atoms with Gasteiger partial charge in [-0.15, -0.1) is 0 Å². The van der Waals surface area contributed by atoms with E-state index in [4.69, 9.17) is 4.42 Å². The molecule has 0 radical (unpaired) electrons. The molecule has 0 amide bonds. The maximum absolute atomic E-state index is 10.6. The highest BCUT2D eigenvalue weighted by Crippen LogP contribution is 2.23. The molecule has 1 aromatic heterocycles. The zero-order chi connectivity index (χ0) is 18.3. The molecule has 1 aliphatic rings. The van der Waals surface area contributed by atoms with Crippen LogP contribution < -0.4 is 10.6 Å². The van der Waals surface area contributed by atoms with Crippen molar-refractivity contribution in [2.75, 3.05) is 32.7 Å². The van der Waals surface area contributed by atoms with Crippen LogP contribution >= 0.6 is 0 Å². The lowest BCUT2D eigenvalue weighted by atomic mass is 10.0. The summed E-state index contributed by atoms with van der Waals surface area (Å²) in [6, 6.07) is 4.20. The monoisotopic (exact) mass is 350 g/mol. The largest absolute Gasteiger partial charge is 0.463 e. The molecule has 0 spiro atoms. The van der Waals surface area contributed by atoms with Crippen molar-refractivity contribution in [1.82, 2.24) is 15.5 Å². The molecular formula is C19H34N4O2. The molecule has 0 bridgehead atoms. The Bertz CT molecular complexity index is 547. The molecule has 1 aromatic rings. The van der Waals surface area contributed by atoms with E-state index in [1.165, 1.54) is 25.9 Å². The van der Waals surface area contributed by atoms with Crippen LogP contribution in [0.3, 0.4) is 0 Å². The lowest BCUT2D eigenvalue weighted by Gasteiger charge is -2.27. The number of nitrogens with zero attached hydrogens (tertiary/aromatic N) is 2. The highest BCUT2D eigenvalue weighted by Gasteiger charge is 2.27. The van der Waals surface area contributed by atoms with Crippen molar-refractivity contribution in [3.05, 3.63) is 23.7 Å². The number of hydrogen-bond acceptors (Lipinski definition) is 4. The SMILES string of the molecule is CCNC(=NCC(C)(O)c1ccc(C)o1)NCC(CC)N1CCCC1. The molecule has 0 saturated carbocycles. The summed E-state index contributed by atoms with van der Waals surface area (Å²) in [5.74, 6) is 2.08. The van der Waals surface area contributed by atoms with Crippen LogP contribution in [-0.4, -0.2) is 54.7 Å². The Kier molecular flexibility index (Phi) is 7.32. The van der Waals surface area contributed by atoms with Gasteiger partial charge in [-0.05, 0) is 65.3 Å². The van der Waals surface area contributed by atoms with Crippen molar-refractivity contribution < 1.29 is 9.52 Å². The molecule has 6 heteroatoms. The predicted molar refractivity (Wildman–Crippen MR) is 102 cm³/mol. The maximum Gasteiger partial charge on any atom is 0.191 e. The zero-order valence-electron chi connectivity index (χ0n) is 16.1. The minimum atomic E-state index is -1.12. The summed E-state index contributed by atoms with van der Waals surface area (Å²) in [6.07, 6.45) is 3.72. The van der Waals surface area contributed by atoms with E-state index in [9.17, 15) is 5.11 Å². The topological polar surface area (TPSA) is 73.0 Å². The summed E-state index contributed by atoms with van der Waals surface area (Å²) in [5, 5.41) is 17.3. The van der Waals surface area contributed by atoms with E-state index in [2.05, 4.69) is 27.4 Å². The van der Waals surface area contributed by atoms with Crippen molar-refractivity contribution in [3.63, 3.8) is 0 Å². The fraction of sp³-hybridized carbons (Fsp3) is 0.737. The fourth-order valence-corrected chi connectivity index (χ4v) is 3.23. The van der Waals surface area contributed by atoms with Crippen molar-refractivity contribution in [3.8, 4) is 0 Å². The molecule has 142 valence electrons. The lowest BCUT2D eigenvalue weighted by molar-refractivity contribution is 0.0428. The summed E-state index contributed by atoms with van der Waals surface area (Å²) < 4.78 is 5.56. The van der Waals surface area contributed by atoms with Gasteiger partial charge in [0, 0.05) is 19.1 Å². The normalized spacial score (nSPS) is 19.6. The molecule has 6 nitrogen and oxygen atoms in total. The molecule has 0 aliphatic carbocycles.